The zero-order chi connectivity index (χ0) is 14.4. The van der Waals surface area contributed by atoms with Crippen LogP contribution in [-0.2, 0) is 0 Å². The van der Waals surface area contributed by atoms with Gasteiger partial charge in [0, 0.05) is 11.8 Å². The first-order chi connectivity index (χ1) is 9.01. The van der Waals surface area contributed by atoms with Gasteiger partial charge in [-0.1, -0.05) is 0 Å². The number of rotatable bonds is 5. The van der Waals surface area contributed by atoms with Crippen LogP contribution in [0.3, 0.4) is 0 Å². The van der Waals surface area contributed by atoms with Gasteiger partial charge in [0.1, 0.15) is 18.7 Å². The molecule has 0 saturated carbocycles. The number of nitro groups is 1. The quantitative estimate of drug-likeness (QED) is 0.477. The highest BCUT2D eigenvalue weighted by molar-refractivity contribution is 5.93. The highest BCUT2D eigenvalue weighted by atomic mass is 16.6. The molecule has 0 aromatic heterocycles. The minimum atomic E-state index is -1.41. The number of nitrogens with zero attached hydrogens (tertiary/aromatic N) is 4. The molecule has 0 aliphatic rings. The second kappa shape index (κ2) is 5.98. The number of hydrogen-bond donors (Lipinski definition) is 1. The summed E-state index contributed by atoms with van der Waals surface area (Å²) in [5.41, 5.74) is -0.770. The number of anilines is 1. The summed E-state index contributed by atoms with van der Waals surface area (Å²) in [5.74, 6) is -1.41. The molecule has 96 valence electrons. The summed E-state index contributed by atoms with van der Waals surface area (Å²) < 4.78 is 0. The van der Waals surface area contributed by atoms with Crippen molar-refractivity contribution in [3.63, 3.8) is 0 Å². The first-order valence-electron chi connectivity index (χ1n) is 5.01. The van der Waals surface area contributed by atoms with Crippen LogP contribution < -0.4 is 4.90 Å². The predicted molar refractivity (Wildman–Crippen MR) is 63.5 cm³/mol. The fraction of sp³-hybridized carbons (Fsp3) is 0.182. The summed E-state index contributed by atoms with van der Waals surface area (Å²) in [6.45, 7) is -0.256. The van der Waals surface area contributed by atoms with Gasteiger partial charge in [-0.05, 0) is 12.1 Å². The fourth-order valence-corrected chi connectivity index (χ4v) is 1.46. The molecule has 1 rings (SSSR count). The third-order valence-corrected chi connectivity index (χ3v) is 2.30. The Kier molecular flexibility index (Phi) is 4.39. The Morgan fingerprint density at radius 2 is 1.95 bits per heavy atom. The third-order valence-electron chi connectivity index (χ3n) is 2.30. The summed E-state index contributed by atoms with van der Waals surface area (Å²) >= 11 is 0. The lowest BCUT2D eigenvalue weighted by molar-refractivity contribution is -0.385. The van der Waals surface area contributed by atoms with Crippen molar-refractivity contribution in [2.45, 2.75) is 0 Å². The van der Waals surface area contributed by atoms with Gasteiger partial charge in [0.05, 0.1) is 17.1 Å². The van der Waals surface area contributed by atoms with Crippen LogP contribution >= 0.6 is 0 Å². The number of carboxylic acid groups (broad SMARTS) is 1. The van der Waals surface area contributed by atoms with Gasteiger partial charge in [-0.3, -0.25) is 10.1 Å². The zero-order valence-electron chi connectivity index (χ0n) is 9.61. The van der Waals surface area contributed by atoms with E-state index in [1.165, 1.54) is 11.0 Å². The van der Waals surface area contributed by atoms with E-state index in [1.807, 2.05) is 12.1 Å². The maximum absolute atomic E-state index is 10.8. The number of nitro benzene ring substituents is 1. The smallest absolute Gasteiger partial charge is 0.342 e. The summed E-state index contributed by atoms with van der Waals surface area (Å²) in [7, 11) is 0. The molecule has 1 aromatic rings. The lowest BCUT2D eigenvalue weighted by atomic mass is 10.1. The molecular formula is C11H8N4O4. The first kappa shape index (κ1) is 13.9. The summed E-state index contributed by atoms with van der Waals surface area (Å²) in [6, 6.07) is 7.10. The Morgan fingerprint density at radius 1 is 1.37 bits per heavy atom. The van der Waals surface area contributed by atoms with Crippen molar-refractivity contribution in [2.75, 3.05) is 18.0 Å². The van der Waals surface area contributed by atoms with Gasteiger partial charge in [-0.2, -0.15) is 10.5 Å². The molecule has 0 aliphatic carbocycles. The highest BCUT2D eigenvalue weighted by Crippen LogP contribution is 2.25. The van der Waals surface area contributed by atoms with E-state index < -0.39 is 22.1 Å². The van der Waals surface area contributed by atoms with Gasteiger partial charge in [0.25, 0.3) is 5.69 Å². The minimum Gasteiger partial charge on any atom is -0.477 e. The summed E-state index contributed by atoms with van der Waals surface area (Å²) in [6.07, 6.45) is 0. The van der Waals surface area contributed by atoms with Crippen molar-refractivity contribution in [1.82, 2.24) is 0 Å². The molecule has 0 spiro atoms. The Balaban J connectivity index is 3.28. The Bertz CT molecular complexity index is 584. The summed E-state index contributed by atoms with van der Waals surface area (Å²) in [4.78, 5) is 22.1. The van der Waals surface area contributed by atoms with Crippen molar-refractivity contribution in [1.29, 1.82) is 10.5 Å². The SMILES string of the molecule is N#CCN(CC#N)c1ccc(C(=O)O)c([N+](=O)[O-])c1. The first-order valence-corrected chi connectivity index (χ1v) is 5.01. The van der Waals surface area contributed by atoms with Crippen LogP contribution in [-0.4, -0.2) is 29.1 Å². The molecule has 0 unspecified atom stereocenters. The van der Waals surface area contributed by atoms with E-state index in [-0.39, 0.29) is 18.8 Å². The standard InChI is InChI=1S/C11H8N4O4/c12-3-5-14(6-4-13)8-1-2-9(11(16)17)10(7-8)15(18)19/h1-2,7H,5-6H2,(H,16,17). The van der Waals surface area contributed by atoms with Gasteiger partial charge in [-0.25, -0.2) is 4.79 Å². The van der Waals surface area contributed by atoms with E-state index >= 15 is 0 Å². The van der Waals surface area contributed by atoms with E-state index in [4.69, 9.17) is 15.6 Å². The largest absolute Gasteiger partial charge is 0.477 e. The fourth-order valence-electron chi connectivity index (χ4n) is 1.46. The van der Waals surface area contributed by atoms with Crippen molar-refractivity contribution >= 4 is 17.3 Å². The second-order valence-corrected chi connectivity index (χ2v) is 3.44. The molecule has 0 radical (unpaired) electrons. The van der Waals surface area contributed by atoms with Crippen LogP contribution in [0.1, 0.15) is 10.4 Å². The number of aromatic carboxylic acids is 1. The number of benzene rings is 1. The van der Waals surface area contributed by atoms with Gasteiger partial charge >= 0.3 is 5.97 Å². The van der Waals surface area contributed by atoms with Gasteiger partial charge in [0.15, 0.2) is 0 Å². The van der Waals surface area contributed by atoms with Crippen molar-refractivity contribution in [3.05, 3.63) is 33.9 Å². The molecule has 0 heterocycles. The minimum absolute atomic E-state index is 0.128. The molecule has 1 N–H and O–H groups in total. The Morgan fingerprint density at radius 3 is 2.37 bits per heavy atom. The molecule has 0 amide bonds. The van der Waals surface area contributed by atoms with E-state index in [0.717, 1.165) is 12.1 Å². The second-order valence-electron chi connectivity index (χ2n) is 3.44. The monoisotopic (exact) mass is 260 g/mol. The molecule has 8 nitrogen and oxygen atoms in total. The lowest BCUT2D eigenvalue weighted by Crippen LogP contribution is -2.24. The normalized spacial score (nSPS) is 9.16. The van der Waals surface area contributed by atoms with Crippen LogP contribution in [0.4, 0.5) is 11.4 Å². The molecule has 0 saturated heterocycles. The number of hydrogen-bond acceptors (Lipinski definition) is 6. The van der Waals surface area contributed by atoms with E-state index in [0.29, 0.717) is 0 Å². The Hall–Kier alpha value is -3.13. The van der Waals surface area contributed by atoms with Crippen molar-refractivity contribution in [2.24, 2.45) is 0 Å². The molecule has 0 atom stereocenters. The lowest BCUT2D eigenvalue weighted by Gasteiger charge is -2.17. The van der Waals surface area contributed by atoms with Crippen LogP contribution in [0.25, 0.3) is 0 Å². The van der Waals surface area contributed by atoms with Crippen molar-refractivity contribution in [3.8, 4) is 12.1 Å². The number of carboxylic acids is 1. The average Bonchev–Trinajstić information content (AvgIpc) is 2.37. The highest BCUT2D eigenvalue weighted by Gasteiger charge is 2.21. The molecule has 0 bridgehead atoms. The van der Waals surface area contributed by atoms with Gasteiger partial charge in [0.2, 0.25) is 0 Å². The van der Waals surface area contributed by atoms with Gasteiger partial charge < -0.3 is 10.0 Å². The van der Waals surface area contributed by atoms with Crippen LogP contribution in [0.2, 0.25) is 0 Å². The zero-order valence-corrected chi connectivity index (χ0v) is 9.61. The van der Waals surface area contributed by atoms with Gasteiger partial charge in [-0.15, -0.1) is 0 Å². The maximum Gasteiger partial charge on any atom is 0.342 e. The topological polar surface area (TPSA) is 131 Å². The van der Waals surface area contributed by atoms with Crippen molar-refractivity contribution < 1.29 is 14.8 Å². The summed E-state index contributed by atoms with van der Waals surface area (Å²) in [5, 5.41) is 36.9. The maximum atomic E-state index is 10.8. The molecule has 1 aromatic carbocycles. The predicted octanol–water partition coefficient (Wildman–Crippen LogP) is 1.15. The van der Waals surface area contributed by atoms with Crippen LogP contribution in [0.15, 0.2) is 18.2 Å². The van der Waals surface area contributed by atoms with E-state index in [9.17, 15) is 14.9 Å². The molecule has 8 heteroatoms. The molecular weight excluding hydrogens is 252 g/mol. The molecule has 19 heavy (non-hydrogen) atoms. The molecule has 0 fully saturated rings. The number of nitriles is 2. The van der Waals surface area contributed by atoms with Crippen LogP contribution in [0, 0.1) is 32.8 Å². The van der Waals surface area contributed by atoms with E-state index in [2.05, 4.69) is 0 Å². The van der Waals surface area contributed by atoms with Crippen LogP contribution in [0.5, 0.6) is 0 Å². The third kappa shape index (κ3) is 3.17. The van der Waals surface area contributed by atoms with E-state index in [1.54, 1.807) is 0 Å². The number of carbonyl (C=O) groups is 1. The molecule has 0 aliphatic heterocycles. The average molecular weight is 260 g/mol. The Labute approximate surface area is 107 Å².